The van der Waals surface area contributed by atoms with Gasteiger partial charge in [-0.2, -0.15) is 26.3 Å². The minimum atomic E-state index is -5.29. The molecule has 0 amide bonds. The Morgan fingerprint density at radius 1 is 1.10 bits per heavy atom. The van der Waals surface area contributed by atoms with Crippen LogP contribution in [0.3, 0.4) is 0 Å². The molecule has 0 aromatic carbocycles. The van der Waals surface area contributed by atoms with E-state index in [1.165, 1.54) is 6.92 Å². The van der Waals surface area contributed by atoms with E-state index < -0.39 is 45.1 Å². The summed E-state index contributed by atoms with van der Waals surface area (Å²) >= 11 is 0. The van der Waals surface area contributed by atoms with Gasteiger partial charge in [-0.25, -0.2) is 13.4 Å². The molecule has 0 bridgehead atoms. The first kappa shape index (κ1) is 17.5. The number of rotatable bonds is 4. The van der Waals surface area contributed by atoms with Crippen molar-refractivity contribution in [2.75, 3.05) is 10.5 Å². The summed E-state index contributed by atoms with van der Waals surface area (Å²) in [6.45, 7) is 1.51. The highest BCUT2D eigenvalue weighted by molar-refractivity contribution is 7.92. The maximum atomic E-state index is 12.6. The van der Waals surface area contributed by atoms with Crippen molar-refractivity contribution in [1.82, 2.24) is 4.98 Å². The first-order valence-electron chi connectivity index (χ1n) is 5.51. The Hall–Kier alpha value is -1.52. The first-order chi connectivity index (χ1) is 9.37. The van der Waals surface area contributed by atoms with Gasteiger partial charge in [-0.15, -0.1) is 0 Å². The Morgan fingerprint density at radius 2 is 1.62 bits per heavy atom. The van der Waals surface area contributed by atoms with Crippen molar-refractivity contribution in [3.8, 4) is 0 Å². The van der Waals surface area contributed by atoms with E-state index in [2.05, 4.69) is 4.98 Å². The number of alkyl halides is 6. The standard InChI is InChI=1S/C10H10F6N2O2S/c1-2-3-21(19,20)18-8-4-6(9(11,12)13)7(5-17-8)10(14,15)16/h4-5H,2-3H2,1H3,(H,17,18). The number of anilines is 1. The van der Waals surface area contributed by atoms with Crippen LogP contribution >= 0.6 is 0 Å². The molecular formula is C10H10F6N2O2S. The fourth-order valence-corrected chi connectivity index (χ4v) is 2.52. The molecule has 0 spiro atoms. The smallest absolute Gasteiger partial charge is 0.267 e. The summed E-state index contributed by atoms with van der Waals surface area (Å²) < 4.78 is 99.9. The second-order valence-corrected chi connectivity index (χ2v) is 5.87. The average molecular weight is 336 g/mol. The van der Waals surface area contributed by atoms with Crippen LogP contribution in [0.1, 0.15) is 24.5 Å². The third-order valence-corrected chi connectivity index (χ3v) is 3.71. The topological polar surface area (TPSA) is 59.1 Å². The third-order valence-electron chi connectivity index (χ3n) is 2.25. The predicted octanol–water partition coefficient (Wildman–Crippen LogP) is 3.27. The van der Waals surface area contributed by atoms with Gasteiger partial charge in [0.05, 0.1) is 16.9 Å². The first-order valence-corrected chi connectivity index (χ1v) is 7.17. The van der Waals surface area contributed by atoms with Crippen LogP contribution in [0.15, 0.2) is 12.3 Å². The fourth-order valence-electron chi connectivity index (χ4n) is 1.45. The van der Waals surface area contributed by atoms with Gasteiger partial charge in [-0.05, 0) is 12.5 Å². The van der Waals surface area contributed by atoms with Crippen LogP contribution in [0, 0.1) is 0 Å². The quantitative estimate of drug-likeness (QED) is 0.859. The number of nitrogens with zero attached hydrogens (tertiary/aromatic N) is 1. The Labute approximate surface area is 116 Å². The van der Waals surface area contributed by atoms with Crippen LogP contribution in [0.5, 0.6) is 0 Å². The van der Waals surface area contributed by atoms with E-state index in [1.807, 2.05) is 0 Å². The zero-order valence-electron chi connectivity index (χ0n) is 10.5. The number of pyridine rings is 1. The normalized spacial score (nSPS) is 13.3. The minimum absolute atomic E-state index is 0.0238. The highest BCUT2D eigenvalue weighted by Crippen LogP contribution is 2.40. The molecule has 0 aliphatic heterocycles. The molecule has 0 saturated carbocycles. The van der Waals surface area contributed by atoms with Gasteiger partial charge >= 0.3 is 12.4 Å². The van der Waals surface area contributed by atoms with E-state index in [-0.39, 0.29) is 18.7 Å². The number of hydrogen-bond donors (Lipinski definition) is 1. The summed E-state index contributed by atoms with van der Waals surface area (Å²) in [6.07, 6.45) is -10.4. The molecular weight excluding hydrogens is 326 g/mol. The van der Waals surface area contributed by atoms with Crippen molar-refractivity contribution < 1.29 is 34.8 Å². The molecule has 1 heterocycles. The van der Waals surface area contributed by atoms with Crippen molar-refractivity contribution in [2.45, 2.75) is 25.7 Å². The van der Waals surface area contributed by atoms with E-state index in [1.54, 1.807) is 4.72 Å². The second kappa shape index (κ2) is 5.70. The Kier molecular flexibility index (Phi) is 4.76. The monoisotopic (exact) mass is 336 g/mol. The van der Waals surface area contributed by atoms with Gasteiger partial charge in [-0.1, -0.05) is 6.92 Å². The predicted molar refractivity (Wildman–Crippen MR) is 61.9 cm³/mol. The molecule has 0 saturated heterocycles. The van der Waals surface area contributed by atoms with Gasteiger partial charge in [0.25, 0.3) is 0 Å². The highest BCUT2D eigenvalue weighted by atomic mass is 32.2. The van der Waals surface area contributed by atoms with E-state index in [0.29, 0.717) is 0 Å². The van der Waals surface area contributed by atoms with Crippen molar-refractivity contribution >= 4 is 15.8 Å². The molecule has 1 N–H and O–H groups in total. The van der Waals surface area contributed by atoms with Crippen molar-refractivity contribution in [3.63, 3.8) is 0 Å². The summed E-state index contributed by atoms with van der Waals surface area (Å²) in [5.41, 5.74) is -3.98. The lowest BCUT2D eigenvalue weighted by molar-refractivity contribution is -0.162. The Morgan fingerprint density at radius 3 is 2.05 bits per heavy atom. The fraction of sp³-hybridized carbons (Fsp3) is 0.500. The summed E-state index contributed by atoms with van der Waals surface area (Å²) in [7, 11) is -3.96. The number of sulfonamides is 1. The Bertz CT molecular complexity index is 609. The molecule has 120 valence electrons. The molecule has 0 unspecified atom stereocenters. The van der Waals surface area contributed by atoms with Gasteiger partial charge in [-0.3, -0.25) is 4.72 Å². The molecule has 11 heteroatoms. The average Bonchev–Trinajstić information content (AvgIpc) is 2.25. The third kappa shape index (κ3) is 4.76. The lowest BCUT2D eigenvalue weighted by atomic mass is 10.1. The van der Waals surface area contributed by atoms with E-state index in [4.69, 9.17) is 0 Å². The van der Waals surface area contributed by atoms with Crippen LogP contribution in [0.4, 0.5) is 32.2 Å². The maximum Gasteiger partial charge on any atom is 0.418 e. The zero-order valence-corrected chi connectivity index (χ0v) is 11.3. The largest absolute Gasteiger partial charge is 0.418 e. The van der Waals surface area contributed by atoms with Gasteiger partial charge in [0, 0.05) is 6.20 Å². The molecule has 0 radical (unpaired) electrons. The van der Waals surface area contributed by atoms with Crippen molar-refractivity contribution in [1.29, 1.82) is 0 Å². The van der Waals surface area contributed by atoms with E-state index in [9.17, 15) is 34.8 Å². The summed E-state index contributed by atoms with van der Waals surface area (Å²) in [6, 6.07) is 0.0238. The Balaban J connectivity index is 3.30. The van der Waals surface area contributed by atoms with Crippen LogP contribution in [-0.4, -0.2) is 19.2 Å². The van der Waals surface area contributed by atoms with Gasteiger partial charge in [0.15, 0.2) is 0 Å². The lowest BCUT2D eigenvalue weighted by Crippen LogP contribution is -2.20. The van der Waals surface area contributed by atoms with Crippen molar-refractivity contribution in [3.05, 3.63) is 23.4 Å². The summed E-state index contributed by atoms with van der Waals surface area (Å²) in [5.74, 6) is -1.21. The molecule has 1 aromatic heterocycles. The molecule has 4 nitrogen and oxygen atoms in total. The van der Waals surface area contributed by atoms with Crippen LogP contribution in [0.2, 0.25) is 0 Å². The minimum Gasteiger partial charge on any atom is -0.267 e. The van der Waals surface area contributed by atoms with Crippen LogP contribution in [0.25, 0.3) is 0 Å². The molecule has 1 aromatic rings. The van der Waals surface area contributed by atoms with Crippen LogP contribution in [-0.2, 0) is 22.4 Å². The van der Waals surface area contributed by atoms with Crippen molar-refractivity contribution in [2.24, 2.45) is 0 Å². The molecule has 1 rings (SSSR count). The van der Waals surface area contributed by atoms with Gasteiger partial charge in [0.1, 0.15) is 5.82 Å². The van der Waals surface area contributed by atoms with E-state index in [0.717, 1.165) is 0 Å². The number of aromatic nitrogens is 1. The molecule has 0 atom stereocenters. The SMILES string of the molecule is CCCS(=O)(=O)Nc1cc(C(F)(F)F)c(C(F)(F)F)cn1. The number of nitrogens with one attached hydrogen (secondary N) is 1. The zero-order chi connectivity index (χ0) is 16.5. The lowest BCUT2D eigenvalue weighted by Gasteiger charge is -2.16. The molecule has 21 heavy (non-hydrogen) atoms. The maximum absolute atomic E-state index is 12.6. The molecule has 0 aliphatic rings. The molecule has 0 aliphatic carbocycles. The van der Waals surface area contributed by atoms with Crippen LogP contribution < -0.4 is 4.72 Å². The second-order valence-electron chi connectivity index (χ2n) is 4.03. The molecule has 0 fully saturated rings. The highest BCUT2D eigenvalue weighted by Gasteiger charge is 2.43. The summed E-state index contributed by atoms with van der Waals surface area (Å²) in [4.78, 5) is 3.08. The van der Waals surface area contributed by atoms with Gasteiger partial charge < -0.3 is 0 Å². The van der Waals surface area contributed by atoms with Gasteiger partial charge in [0.2, 0.25) is 10.0 Å². The number of halogens is 6. The number of hydrogen-bond acceptors (Lipinski definition) is 3. The van der Waals surface area contributed by atoms with E-state index >= 15 is 0 Å². The summed E-state index contributed by atoms with van der Waals surface area (Å²) in [5, 5.41) is 0.